The van der Waals surface area contributed by atoms with Gasteiger partial charge in [-0.15, -0.1) is 0 Å². The van der Waals surface area contributed by atoms with Gasteiger partial charge in [0.25, 0.3) is 0 Å². The van der Waals surface area contributed by atoms with Crippen molar-refractivity contribution in [1.82, 2.24) is 0 Å². The van der Waals surface area contributed by atoms with Gasteiger partial charge in [0.05, 0.1) is 11.6 Å². The van der Waals surface area contributed by atoms with Crippen LogP contribution in [0.1, 0.15) is 64.0 Å². The van der Waals surface area contributed by atoms with E-state index >= 15 is 0 Å². The molecule has 1 aromatic carbocycles. The minimum atomic E-state index is -0.243. The van der Waals surface area contributed by atoms with E-state index in [4.69, 9.17) is 10.5 Å². The van der Waals surface area contributed by atoms with Crippen LogP contribution in [0.2, 0.25) is 0 Å². The third-order valence-corrected chi connectivity index (χ3v) is 4.98. The number of ether oxygens (including phenoxy) is 1. The van der Waals surface area contributed by atoms with Gasteiger partial charge in [-0.05, 0) is 51.9 Å². The van der Waals surface area contributed by atoms with Crippen molar-refractivity contribution in [2.24, 2.45) is 5.73 Å². The van der Waals surface area contributed by atoms with Crippen molar-refractivity contribution in [2.45, 2.75) is 63.8 Å². The summed E-state index contributed by atoms with van der Waals surface area (Å²) in [6, 6.07) is 4.42. The van der Waals surface area contributed by atoms with Gasteiger partial charge in [-0.2, -0.15) is 0 Å². The molecule has 0 bridgehead atoms. The molecule has 3 heteroatoms. The average Bonchev–Trinajstić information content (AvgIpc) is 2.37. The molecule has 1 saturated carbocycles. The SMILES string of the molecule is COc1c(Br)cc(C(C)(C)C)cc1C1(N)CCCCC1. The maximum atomic E-state index is 6.74. The van der Waals surface area contributed by atoms with Crippen molar-refractivity contribution in [3.05, 3.63) is 27.7 Å². The highest BCUT2D eigenvalue weighted by Crippen LogP contribution is 2.44. The molecule has 0 spiro atoms. The van der Waals surface area contributed by atoms with Crippen LogP contribution in [0.15, 0.2) is 16.6 Å². The van der Waals surface area contributed by atoms with Crippen molar-refractivity contribution in [3.63, 3.8) is 0 Å². The summed E-state index contributed by atoms with van der Waals surface area (Å²) < 4.78 is 6.65. The monoisotopic (exact) mass is 339 g/mol. The fourth-order valence-electron chi connectivity index (χ4n) is 3.06. The Morgan fingerprint density at radius 2 is 1.75 bits per heavy atom. The number of rotatable bonds is 2. The highest BCUT2D eigenvalue weighted by atomic mass is 79.9. The highest BCUT2D eigenvalue weighted by Gasteiger charge is 2.34. The molecule has 0 heterocycles. The Bertz CT molecular complexity index is 484. The topological polar surface area (TPSA) is 35.2 Å². The van der Waals surface area contributed by atoms with Gasteiger partial charge in [0.1, 0.15) is 5.75 Å². The average molecular weight is 340 g/mol. The summed E-state index contributed by atoms with van der Waals surface area (Å²) in [4.78, 5) is 0. The molecule has 1 fully saturated rings. The van der Waals surface area contributed by atoms with E-state index in [9.17, 15) is 0 Å². The lowest BCUT2D eigenvalue weighted by Crippen LogP contribution is -2.39. The number of methoxy groups -OCH3 is 1. The minimum Gasteiger partial charge on any atom is -0.495 e. The Labute approximate surface area is 131 Å². The summed E-state index contributed by atoms with van der Waals surface area (Å²) in [7, 11) is 1.73. The van der Waals surface area contributed by atoms with Gasteiger partial charge in [0.15, 0.2) is 0 Å². The number of hydrogen-bond donors (Lipinski definition) is 1. The van der Waals surface area contributed by atoms with Crippen LogP contribution in [0, 0.1) is 0 Å². The van der Waals surface area contributed by atoms with Crippen LogP contribution in [-0.2, 0) is 11.0 Å². The van der Waals surface area contributed by atoms with Crippen molar-refractivity contribution in [2.75, 3.05) is 7.11 Å². The smallest absolute Gasteiger partial charge is 0.138 e. The normalized spacial score (nSPS) is 18.9. The molecule has 0 radical (unpaired) electrons. The molecule has 1 aliphatic carbocycles. The van der Waals surface area contributed by atoms with Crippen LogP contribution in [0.3, 0.4) is 0 Å². The van der Waals surface area contributed by atoms with Crippen molar-refractivity contribution in [1.29, 1.82) is 0 Å². The van der Waals surface area contributed by atoms with E-state index in [0.29, 0.717) is 0 Å². The van der Waals surface area contributed by atoms with E-state index in [1.807, 2.05) is 0 Å². The zero-order chi connectivity index (χ0) is 15.0. The molecule has 1 aliphatic rings. The van der Waals surface area contributed by atoms with Gasteiger partial charge in [-0.3, -0.25) is 0 Å². The first-order valence-corrected chi connectivity index (χ1v) is 8.24. The predicted octanol–water partition coefficient (Wildman–Crippen LogP) is 4.87. The van der Waals surface area contributed by atoms with E-state index in [1.54, 1.807) is 7.11 Å². The Morgan fingerprint density at radius 1 is 1.15 bits per heavy atom. The van der Waals surface area contributed by atoms with Gasteiger partial charge in [-0.1, -0.05) is 40.0 Å². The molecule has 0 amide bonds. The van der Waals surface area contributed by atoms with Gasteiger partial charge >= 0.3 is 0 Å². The molecule has 0 atom stereocenters. The first-order valence-electron chi connectivity index (χ1n) is 7.45. The zero-order valence-electron chi connectivity index (χ0n) is 13.1. The molecular weight excluding hydrogens is 314 g/mol. The molecule has 0 saturated heterocycles. The summed E-state index contributed by atoms with van der Waals surface area (Å²) in [5.74, 6) is 0.905. The van der Waals surface area contributed by atoms with Crippen molar-refractivity contribution in [3.8, 4) is 5.75 Å². The molecule has 0 aromatic heterocycles. The second-order valence-corrected chi connectivity index (χ2v) is 7.86. The Morgan fingerprint density at radius 3 is 2.25 bits per heavy atom. The molecular formula is C17H26BrNO. The van der Waals surface area contributed by atoms with Gasteiger partial charge in [0, 0.05) is 11.1 Å². The molecule has 0 aliphatic heterocycles. The standard InChI is InChI=1S/C17H26BrNO/c1-16(2,3)12-10-13(15(20-4)14(18)11-12)17(19)8-6-5-7-9-17/h10-11H,5-9,19H2,1-4H3. The van der Waals surface area contributed by atoms with Crippen molar-refractivity contribution < 1.29 is 4.74 Å². The number of benzene rings is 1. The first-order chi connectivity index (χ1) is 9.28. The largest absolute Gasteiger partial charge is 0.495 e. The Balaban J connectivity index is 2.57. The Hall–Kier alpha value is -0.540. The summed E-state index contributed by atoms with van der Waals surface area (Å²) in [5, 5.41) is 0. The van der Waals surface area contributed by atoms with E-state index in [-0.39, 0.29) is 11.0 Å². The molecule has 20 heavy (non-hydrogen) atoms. The van der Waals surface area contributed by atoms with E-state index < -0.39 is 0 Å². The van der Waals surface area contributed by atoms with E-state index in [1.165, 1.54) is 30.4 Å². The maximum Gasteiger partial charge on any atom is 0.138 e. The molecule has 2 nitrogen and oxygen atoms in total. The lowest BCUT2D eigenvalue weighted by atomic mass is 9.75. The molecule has 2 N–H and O–H groups in total. The minimum absolute atomic E-state index is 0.106. The number of halogens is 1. The lowest BCUT2D eigenvalue weighted by Gasteiger charge is -2.36. The molecule has 1 aromatic rings. The van der Waals surface area contributed by atoms with Gasteiger partial charge in [0.2, 0.25) is 0 Å². The third kappa shape index (κ3) is 3.04. The summed E-state index contributed by atoms with van der Waals surface area (Å²) in [5.41, 5.74) is 9.07. The molecule has 0 unspecified atom stereocenters. The van der Waals surface area contributed by atoms with E-state index in [2.05, 4.69) is 48.8 Å². The lowest BCUT2D eigenvalue weighted by molar-refractivity contribution is 0.288. The molecule has 2 rings (SSSR count). The summed E-state index contributed by atoms with van der Waals surface area (Å²) in [6.45, 7) is 6.69. The summed E-state index contributed by atoms with van der Waals surface area (Å²) >= 11 is 3.66. The van der Waals surface area contributed by atoms with Crippen LogP contribution in [0.4, 0.5) is 0 Å². The number of nitrogens with two attached hydrogens (primary N) is 1. The first kappa shape index (κ1) is 15.8. The zero-order valence-corrected chi connectivity index (χ0v) is 14.6. The second-order valence-electron chi connectivity index (χ2n) is 7.01. The Kier molecular flexibility index (Phi) is 4.50. The quantitative estimate of drug-likeness (QED) is 0.833. The molecule has 112 valence electrons. The highest BCUT2D eigenvalue weighted by molar-refractivity contribution is 9.10. The van der Waals surface area contributed by atoms with E-state index in [0.717, 1.165) is 23.1 Å². The number of hydrogen-bond acceptors (Lipinski definition) is 2. The van der Waals surface area contributed by atoms with Gasteiger partial charge in [-0.25, -0.2) is 0 Å². The second kappa shape index (κ2) is 5.69. The van der Waals surface area contributed by atoms with Crippen LogP contribution in [-0.4, -0.2) is 7.11 Å². The van der Waals surface area contributed by atoms with Crippen LogP contribution >= 0.6 is 15.9 Å². The third-order valence-electron chi connectivity index (χ3n) is 4.40. The van der Waals surface area contributed by atoms with Crippen LogP contribution in [0.5, 0.6) is 5.75 Å². The fraction of sp³-hybridized carbons (Fsp3) is 0.647. The maximum absolute atomic E-state index is 6.74. The van der Waals surface area contributed by atoms with Crippen LogP contribution < -0.4 is 10.5 Å². The summed E-state index contributed by atoms with van der Waals surface area (Å²) in [6.07, 6.45) is 5.79. The van der Waals surface area contributed by atoms with Crippen LogP contribution in [0.25, 0.3) is 0 Å². The van der Waals surface area contributed by atoms with Crippen molar-refractivity contribution >= 4 is 15.9 Å². The van der Waals surface area contributed by atoms with Gasteiger partial charge < -0.3 is 10.5 Å². The fourth-order valence-corrected chi connectivity index (χ4v) is 3.68. The predicted molar refractivity (Wildman–Crippen MR) is 88.3 cm³/mol.